The monoisotopic (exact) mass is 752 g/mol. The van der Waals surface area contributed by atoms with E-state index >= 15 is 0 Å². The third-order valence-electron chi connectivity index (χ3n) is 11.4. The lowest BCUT2D eigenvalue weighted by Crippen LogP contribution is -2.00. The van der Waals surface area contributed by atoms with Gasteiger partial charge in [-0.05, 0) is 89.3 Å². The molecule has 278 valence electrons. The first kappa shape index (κ1) is 35.6. The molecule has 0 aliphatic carbocycles. The van der Waals surface area contributed by atoms with Crippen LogP contribution in [-0.2, 0) is 0 Å². The molecule has 0 aliphatic rings. The number of nitrogens with zero attached hydrogens (tertiary/aromatic N) is 1. The minimum atomic E-state index is 0.628. The Morgan fingerprint density at radius 1 is 0.424 bits per heavy atom. The number of allylic oxidation sites excluding steroid dienone is 2. The molecular weight excluding hydrogens is 713 g/mol. The van der Waals surface area contributed by atoms with Gasteiger partial charge in [-0.2, -0.15) is 0 Å². The van der Waals surface area contributed by atoms with E-state index in [-0.39, 0.29) is 0 Å². The van der Waals surface area contributed by atoms with Crippen LogP contribution in [0.4, 0.5) is 5.69 Å². The summed E-state index contributed by atoms with van der Waals surface area (Å²) in [6.45, 7) is 4.58. The lowest BCUT2D eigenvalue weighted by Gasteiger charge is -2.17. The maximum Gasteiger partial charge on any atom is 0.0951 e. The fourth-order valence-corrected chi connectivity index (χ4v) is 8.38. The largest absolute Gasteiger partial charge is 0.396 e. The van der Waals surface area contributed by atoms with Crippen LogP contribution < -0.4 is 5.73 Å². The molecule has 2 heteroatoms. The van der Waals surface area contributed by atoms with E-state index in [1.54, 1.807) is 0 Å². The number of nitrogen functional groups attached to an aromatic ring is 1. The molecule has 2 nitrogen and oxygen atoms in total. The molecule has 0 atom stereocenters. The van der Waals surface area contributed by atoms with Crippen LogP contribution >= 0.6 is 0 Å². The smallest absolute Gasteiger partial charge is 0.0951 e. The highest BCUT2D eigenvalue weighted by molar-refractivity contribution is 6.07. The Morgan fingerprint density at radius 3 is 1.56 bits per heavy atom. The molecule has 0 spiro atoms. The third kappa shape index (κ3) is 6.77. The molecule has 0 amide bonds. The molecule has 0 saturated heterocycles. The normalized spacial score (nSPS) is 11.6. The molecule has 59 heavy (non-hydrogen) atoms. The second kappa shape index (κ2) is 15.3. The molecule has 0 unspecified atom stereocenters. The average molecular weight is 753 g/mol. The number of aromatic nitrogens is 1. The summed E-state index contributed by atoms with van der Waals surface area (Å²) in [7, 11) is 0. The van der Waals surface area contributed by atoms with Crippen LogP contribution in [0, 0.1) is 0 Å². The highest BCUT2D eigenvalue weighted by Gasteiger charge is 2.18. The molecule has 0 fully saturated rings. The summed E-state index contributed by atoms with van der Waals surface area (Å²) in [5.41, 5.74) is 22.4. The zero-order chi connectivity index (χ0) is 39.7. The van der Waals surface area contributed by atoms with Crippen LogP contribution in [0.15, 0.2) is 225 Å². The number of pyridine rings is 1. The summed E-state index contributed by atoms with van der Waals surface area (Å²) in [6, 6.07) is 74.9. The number of hydrogen-bond donors (Lipinski definition) is 1. The molecular formula is C57H40N2. The van der Waals surface area contributed by atoms with Crippen molar-refractivity contribution < 1.29 is 0 Å². The summed E-state index contributed by atoms with van der Waals surface area (Å²) >= 11 is 0. The van der Waals surface area contributed by atoms with E-state index in [0.29, 0.717) is 5.69 Å². The van der Waals surface area contributed by atoms with Crippen molar-refractivity contribution >= 4 is 49.3 Å². The van der Waals surface area contributed by atoms with Crippen LogP contribution in [-0.4, -0.2) is 4.98 Å². The molecule has 1 heterocycles. The minimum absolute atomic E-state index is 0.628. The van der Waals surface area contributed by atoms with Crippen molar-refractivity contribution in [3.63, 3.8) is 0 Å². The number of rotatable bonds is 8. The number of nitrogens with two attached hydrogens (primary N) is 1. The van der Waals surface area contributed by atoms with Crippen molar-refractivity contribution in [2.45, 2.75) is 0 Å². The molecule has 10 aromatic rings. The molecule has 10 rings (SSSR count). The topological polar surface area (TPSA) is 38.9 Å². The Hall–Kier alpha value is -7.81. The van der Waals surface area contributed by atoms with Gasteiger partial charge in [0.05, 0.1) is 16.9 Å². The van der Waals surface area contributed by atoms with Gasteiger partial charge in [-0.3, -0.25) is 0 Å². The van der Waals surface area contributed by atoms with Gasteiger partial charge in [0.15, 0.2) is 0 Å². The van der Waals surface area contributed by atoms with Crippen molar-refractivity contribution in [2.75, 3.05) is 5.73 Å². The van der Waals surface area contributed by atoms with Crippen molar-refractivity contribution in [1.29, 1.82) is 0 Å². The number of benzene rings is 9. The summed E-state index contributed by atoms with van der Waals surface area (Å²) in [6.07, 6.45) is 2.16. The van der Waals surface area contributed by atoms with E-state index in [9.17, 15) is 0 Å². The van der Waals surface area contributed by atoms with Gasteiger partial charge in [-0.1, -0.05) is 213 Å². The first-order valence-electron chi connectivity index (χ1n) is 20.0. The first-order chi connectivity index (χ1) is 29.1. The summed E-state index contributed by atoms with van der Waals surface area (Å²) in [5, 5.41) is 5.94. The highest BCUT2D eigenvalue weighted by atomic mass is 14.7. The highest BCUT2D eigenvalue weighted by Crippen LogP contribution is 2.40. The molecule has 0 aliphatic heterocycles. The van der Waals surface area contributed by atoms with Gasteiger partial charge in [0.1, 0.15) is 0 Å². The van der Waals surface area contributed by atoms with Crippen molar-refractivity contribution in [1.82, 2.24) is 4.98 Å². The van der Waals surface area contributed by atoms with Gasteiger partial charge in [-0.25, -0.2) is 4.98 Å². The van der Waals surface area contributed by atoms with Gasteiger partial charge in [0.2, 0.25) is 0 Å². The number of hydrogen-bond acceptors (Lipinski definition) is 2. The van der Waals surface area contributed by atoms with Crippen LogP contribution in [0.2, 0.25) is 0 Å². The predicted octanol–water partition coefficient (Wildman–Crippen LogP) is 14.9. The Labute approximate surface area is 344 Å². The average Bonchev–Trinajstić information content (AvgIpc) is 3.31. The lowest BCUT2D eigenvalue weighted by molar-refractivity contribution is 1.39. The quantitative estimate of drug-likeness (QED) is 0.124. The maximum absolute atomic E-state index is 7.32. The maximum atomic E-state index is 7.32. The van der Waals surface area contributed by atoms with E-state index in [0.717, 1.165) is 66.7 Å². The third-order valence-corrected chi connectivity index (χ3v) is 11.4. The van der Waals surface area contributed by atoms with Gasteiger partial charge in [0, 0.05) is 16.5 Å². The Balaban J connectivity index is 1.07. The van der Waals surface area contributed by atoms with E-state index in [4.69, 9.17) is 10.7 Å². The Morgan fingerprint density at radius 2 is 0.932 bits per heavy atom. The number of anilines is 1. The van der Waals surface area contributed by atoms with Crippen molar-refractivity contribution in [3.05, 3.63) is 242 Å². The second-order valence-electron chi connectivity index (χ2n) is 15.0. The first-order valence-corrected chi connectivity index (χ1v) is 20.0. The SMILES string of the molecule is C=C(/C=C(/c1ccccc1)c1ccc2c(-c3ccccc3)cc(-c3ccc(-c4cccc5ccccc45)cc3)nc2c1N)c1ccc(-c2cccc3ccccc23)cc1. The molecule has 0 saturated carbocycles. The van der Waals surface area contributed by atoms with Crippen LogP contribution in [0.3, 0.4) is 0 Å². The van der Waals surface area contributed by atoms with E-state index in [1.807, 2.05) is 12.1 Å². The number of fused-ring (bicyclic) bond motifs is 3. The molecule has 9 aromatic carbocycles. The fourth-order valence-electron chi connectivity index (χ4n) is 8.38. The standard InChI is InChI=1S/C57H40N2/c1-38(39-26-28-44(29-27-39)49-24-12-20-40-18-8-10-22-47(40)49)36-53(42-14-4-2-5-15-42)51-34-35-52-54(43-16-6-3-7-17-43)37-55(59-57(52)56(51)58)46-32-30-45(31-33-46)50-25-13-21-41-19-9-11-23-48(41)50/h2-37H,1,58H2/b53-36-. The summed E-state index contributed by atoms with van der Waals surface area (Å²) in [5.74, 6) is 0. The Kier molecular flexibility index (Phi) is 9.21. The van der Waals surface area contributed by atoms with Gasteiger partial charge >= 0.3 is 0 Å². The van der Waals surface area contributed by atoms with Gasteiger partial charge in [0.25, 0.3) is 0 Å². The summed E-state index contributed by atoms with van der Waals surface area (Å²) < 4.78 is 0. The van der Waals surface area contributed by atoms with E-state index < -0.39 is 0 Å². The predicted molar refractivity (Wildman–Crippen MR) is 252 cm³/mol. The summed E-state index contributed by atoms with van der Waals surface area (Å²) in [4.78, 5) is 5.34. The van der Waals surface area contributed by atoms with Crippen molar-refractivity contribution in [3.8, 4) is 44.6 Å². The van der Waals surface area contributed by atoms with Crippen LogP contribution in [0.1, 0.15) is 16.7 Å². The lowest BCUT2D eigenvalue weighted by atomic mass is 9.90. The van der Waals surface area contributed by atoms with Gasteiger partial charge < -0.3 is 5.73 Å². The fraction of sp³-hybridized carbons (Fsp3) is 0. The second-order valence-corrected chi connectivity index (χ2v) is 15.0. The zero-order valence-corrected chi connectivity index (χ0v) is 32.5. The zero-order valence-electron chi connectivity index (χ0n) is 32.5. The minimum Gasteiger partial charge on any atom is -0.396 e. The molecule has 0 bridgehead atoms. The van der Waals surface area contributed by atoms with Crippen LogP contribution in [0.5, 0.6) is 0 Å². The van der Waals surface area contributed by atoms with Crippen molar-refractivity contribution in [2.24, 2.45) is 0 Å². The van der Waals surface area contributed by atoms with E-state index in [1.165, 1.54) is 38.2 Å². The van der Waals surface area contributed by atoms with Crippen LogP contribution in [0.25, 0.3) is 88.2 Å². The Bertz CT molecular complexity index is 3190. The molecule has 0 radical (unpaired) electrons. The van der Waals surface area contributed by atoms with E-state index in [2.05, 4.69) is 213 Å². The molecule has 1 aromatic heterocycles. The molecule has 2 N–H and O–H groups in total. The van der Waals surface area contributed by atoms with Gasteiger partial charge in [-0.15, -0.1) is 0 Å².